The van der Waals surface area contributed by atoms with Gasteiger partial charge in [0.05, 0.1) is 0 Å². The van der Waals surface area contributed by atoms with E-state index in [0.29, 0.717) is 12.8 Å². The molecule has 0 aromatic carbocycles. The van der Waals surface area contributed by atoms with E-state index in [-0.39, 0.29) is 6.61 Å². The molecule has 0 aromatic rings. The minimum absolute atomic E-state index is 0.115. The monoisotopic (exact) mass is 175 g/mol. The molecule has 0 aliphatic carbocycles. The predicted octanol–water partition coefficient (Wildman–Crippen LogP) is 0.995. The molecule has 0 aliphatic rings. The van der Waals surface area contributed by atoms with Gasteiger partial charge in [-0.15, -0.1) is 0 Å². The second kappa shape index (κ2) is 5.51. The SMILES string of the molecule is CCCC(COC(C)=O)[N+](=O)[O-]. The smallest absolute Gasteiger partial charge is 0.302 e. The number of hydrogen-bond acceptors (Lipinski definition) is 4. The van der Waals surface area contributed by atoms with E-state index in [1.165, 1.54) is 6.92 Å². The lowest BCUT2D eigenvalue weighted by Gasteiger charge is -2.07. The fourth-order valence-corrected chi connectivity index (χ4v) is 0.796. The summed E-state index contributed by atoms with van der Waals surface area (Å²) in [5.74, 6) is -0.474. The van der Waals surface area contributed by atoms with Gasteiger partial charge >= 0.3 is 5.97 Å². The Bertz CT molecular complexity index is 169. The number of rotatable bonds is 5. The minimum atomic E-state index is -0.751. The summed E-state index contributed by atoms with van der Waals surface area (Å²) in [6, 6.07) is -0.751. The van der Waals surface area contributed by atoms with E-state index >= 15 is 0 Å². The third kappa shape index (κ3) is 4.65. The zero-order valence-electron chi connectivity index (χ0n) is 7.28. The summed E-state index contributed by atoms with van der Waals surface area (Å²) >= 11 is 0. The highest BCUT2D eigenvalue weighted by Crippen LogP contribution is 2.01. The molecular weight excluding hydrogens is 162 g/mol. The molecule has 0 fully saturated rings. The normalized spacial score (nSPS) is 12.2. The van der Waals surface area contributed by atoms with Crippen LogP contribution < -0.4 is 0 Å². The zero-order chi connectivity index (χ0) is 9.56. The van der Waals surface area contributed by atoms with Crippen molar-refractivity contribution in [2.75, 3.05) is 6.61 Å². The van der Waals surface area contributed by atoms with E-state index in [9.17, 15) is 14.9 Å². The summed E-state index contributed by atoms with van der Waals surface area (Å²) in [5.41, 5.74) is 0. The topological polar surface area (TPSA) is 69.4 Å². The highest BCUT2D eigenvalue weighted by molar-refractivity contribution is 5.65. The van der Waals surface area contributed by atoms with Gasteiger partial charge < -0.3 is 4.74 Å². The first-order valence-electron chi connectivity index (χ1n) is 3.84. The van der Waals surface area contributed by atoms with Gasteiger partial charge in [0.15, 0.2) is 6.61 Å². The van der Waals surface area contributed by atoms with Crippen molar-refractivity contribution in [1.82, 2.24) is 0 Å². The van der Waals surface area contributed by atoms with Crippen LogP contribution in [0.1, 0.15) is 26.7 Å². The Labute approximate surface area is 70.9 Å². The first-order valence-corrected chi connectivity index (χ1v) is 3.84. The lowest BCUT2D eigenvalue weighted by atomic mass is 10.2. The molecule has 0 rings (SSSR count). The Balaban J connectivity index is 3.79. The van der Waals surface area contributed by atoms with Crippen LogP contribution in [0.2, 0.25) is 0 Å². The Hall–Kier alpha value is -1.13. The zero-order valence-corrected chi connectivity index (χ0v) is 7.28. The average Bonchev–Trinajstić information content (AvgIpc) is 1.96. The molecule has 12 heavy (non-hydrogen) atoms. The van der Waals surface area contributed by atoms with Crippen LogP contribution in [0.25, 0.3) is 0 Å². The largest absolute Gasteiger partial charge is 0.459 e. The van der Waals surface area contributed by atoms with Gasteiger partial charge in [0.1, 0.15) is 0 Å². The molecule has 5 heteroatoms. The highest BCUT2D eigenvalue weighted by atomic mass is 16.6. The van der Waals surface area contributed by atoms with Gasteiger partial charge in [-0.05, 0) is 6.42 Å². The molecular formula is C7H13NO4. The Kier molecular flexibility index (Phi) is 4.99. The second-order valence-electron chi connectivity index (χ2n) is 2.53. The minimum Gasteiger partial charge on any atom is -0.459 e. The van der Waals surface area contributed by atoms with Gasteiger partial charge in [-0.1, -0.05) is 6.92 Å². The first-order chi connectivity index (χ1) is 5.57. The fourth-order valence-electron chi connectivity index (χ4n) is 0.796. The maximum atomic E-state index is 10.3. The molecule has 0 radical (unpaired) electrons. The van der Waals surface area contributed by atoms with Gasteiger partial charge in [0, 0.05) is 18.3 Å². The summed E-state index contributed by atoms with van der Waals surface area (Å²) in [4.78, 5) is 20.2. The highest BCUT2D eigenvalue weighted by Gasteiger charge is 2.19. The molecule has 1 atom stereocenters. The average molecular weight is 175 g/mol. The summed E-state index contributed by atoms with van der Waals surface area (Å²) in [7, 11) is 0. The van der Waals surface area contributed by atoms with E-state index < -0.39 is 16.9 Å². The van der Waals surface area contributed by atoms with Crippen molar-refractivity contribution in [2.24, 2.45) is 0 Å². The summed E-state index contributed by atoms with van der Waals surface area (Å²) in [5, 5.41) is 10.3. The maximum absolute atomic E-state index is 10.3. The summed E-state index contributed by atoms with van der Waals surface area (Å²) < 4.78 is 4.54. The number of nitrogens with zero attached hydrogens (tertiary/aromatic N) is 1. The van der Waals surface area contributed by atoms with Crippen LogP contribution in [0.4, 0.5) is 0 Å². The van der Waals surface area contributed by atoms with Crippen LogP contribution in [0.3, 0.4) is 0 Å². The molecule has 0 N–H and O–H groups in total. The molecule has 0 saturated heterocycles. The van der Waals surface area contributed by atoms with Crippen LogP contribution in [0, 0.1) is 10.1 Å². The quantitative estimate of drug-likeness (QED) is 0.355. The number of esters is 1. The molecule has 0 bridgehead atoms. The number of carbonyl (C=O) groups is 1. The number of carbonyl (C=O) groups excluding carboxylic acids is 1. The van der Waals surface area contributed by atoms with E-state index in [2.05, 4.69) is 4.74 Å². The molecule has 1 unspecified atom stereocenters. The molecule has 0 heterocycles. The van der Waals surface area contributed by atoms with Gasteiger partial charge in [-0.25, -0.2) is 0 Å². The third-order valence-electron chi connectivity index (χ3n) is 1.40. The fraction of sp³-hybridized carbons (Fsp3) is 0.857. The van der Waals surface area contributed by atoms with Crippen molar-refractivity contribution >= 4 is 5.97 Å². The molecule has 0 aliphatic heterocycles. The Morgan fingerprint density at radius 3 is 2.58 bits per heavy atom. The van der Waals surface area contributed by atoms with Gasteiger partial charge in [0.2, 0.25) is 6.04 Å². The van der Waals surface area contributed by atoms with Crippen molar-refractivity contribution in [2.45, 2.75) is 32.7 Å². The van der Waals surface area contributed by atoms with Crippen molar-refractivity contribution < 1.29 is 14.5 Å². The van der Waals surface area contributed by atoms with E-state index in [4.69, 9.17) is 0 Å². The summed E-state index contributed by atoms with van der Waals surface area (Å²) in [6.07, 6.45) is 1.16. The van der Waals surface area contributed by atoms with Crippen molar-refractivity contribution in [1.29, 1.82) is 0 Å². The van der Waals surface area contributed by atoms with E-state index in [1.54, 1.807) is 0 Å². The number of nitro groups is 1. The number of ether oxygens (including phenoxy) is 1. The van der Waals surface area contributed by atoms with Gasteiger partial charge in [-0.3, -0.25) is 14.9 Å². The first kappa shape index (κ1) is 10.9. The van der Waals surface area contributed by atoms with E-state index in [1.807, 2.05) is 6.92 Å². The third-order valence-corrected chi connectivity index (χ3v) is 1.40. The van der Waals surface area contributed by atoms with E-state index in [0.717, 1.165) is 0 Å². The molecule has 0 saturated carbocycles. The van der Waals surface area contributed by atoms with Crippen molar-refractivity contribution in [3.63, 3.8) is 0 Å². The molecule has 70 valence electrons. The van der Waals surface area contributed by atoms with Gasteiger partial charge in [-0.2, -0.15) is 0 Å². The maximum Gasteiger partial charge on any atom is 0.302 e. The molecule has 0 aromatic heterocycles. The summed E-state index contributed by atoms with van der Waals surface area (Å²) in [6.45, 7) is 2.98. The van der Waals surface area contributed by atoms with Crippen molar-refractivity contribution in [3.8, 4) is 0 Å². The second-order valence-corrected chi connectivity index (χ2v) is 2.53. The lowest BCUT2D eigenvalue weighted by molar-refractivity contribution is -0.526. The predicted molar refractivity (Wildman–Crippen MR) is 42.3 cm³/mol. The standard InChI is InChI=1S/C7H13NO4/c1-3-4-7(8(10)11)5-12-6(2)9/h7H,3-5H2,1-2H3. The van der Waals surface area contributed by atoms with Crippen LogP contribution >= 0.6 is 0 Å². The lowest BCUT2D eigenvalue weighted by Crippen LogP contribution is -2.26. The van der Waals surface area contributed by atoms with Crippen LogP contribution in [-0.2, 0) is 9.53 Å². The van der Waals surface area contributed by atoms with Crippen LogP contribution in [-0.4, -0.2) is 23.5 Å². The Morgan fingerprint density at radius 1 is 1.67 bits per heavy atom. The van der Waals surface area contributed by atoms with Crippen LogP contribution in [0.15, 0.2) is 0 Å². The molecule has 5 nitrogen and oxygen atoms in total. The van der Waals surface area contributed by atoms with Gasteiger partial charge in [0.25, 0.3) is 0 Å². The Morgan fingerprint density at radius 2 is 2.25 bits per heavy atom. The number of hydrogen-bond donors (Lipinski definition) is 0. The van der Waals surface area contributed by atoms with Crippen molar-refractivity contribution in [3.05, 3.63) is 10.1 Å². The molecule has 0 spiro atoms. The van der Waals surface area contributed by atoms with Crippen LogP contribution in [0.5, 0.6) is 0 Å². The molecule has 0 amide bonds.